The molecule has 0 nitrogen and oxygen atoms in total. The third-order valence-electron chi connectivity index (χ3n) is 2.86. The normalized spacial score (nSPS) is 26.5. The predicted octanol–water partition coefficient (Wildman–Crippen LogP) is 3.83. The van der Waals surface area contributed by atoms with Gasteiger partial charge in [-0.25, -0.2) is 0 Å². The van der Waals surface area contributed by atoms with E-state index in [1.54, 1.807) is 5.57 Å². The van der Waals surface area contributed by atoms with Crippen molar-refractivity contribution in [2.75, 3.05) is 0 Å². The van der Waals surface area contributed by atoms with E-state index in [-0.39, 0.29) is 0 Å². The number of hydrogen-bond donors (Lipinski definition) is 0. The van der Waals surface area contributed by atoms with Crippen molar-refractivity contribution in [3.63, 3.8) is 0 Å². The summed E-state index contributed by atoms with van der Waals surface area (Å²) >= 11 is -1.30. The summed E-state index contributed by atoms with van der Waals surface area (Å²) in [5.74, 6) is 7.62. The fourth-order valence-electron chi connectivity index (χ4n) is 1.75. The second kappa shape index (κ2) is 3.34. The van der Waals surface area contributed by atoms with Crippen molar-refractivity contribution in [3.8, 4) is 0 Å². The first-order valence-electron chi connectivity index (χ1n) is 4.66. The minimum atomic E-state index is -1.30. The van der Waals surface area contributed by atoms with Gasteiger partial charge in [0.05, 0.1) is 0 Å². The second-order valence-electron chi connectivity index (χ2n) is 4.89. The molecule has 64 valence electrons. The Morgan fingerprint density at radius 3 is 2.36 bits per heavy atom. The van der Waals surface area contributed by atoms with E-state index in [2.05, 4.69) is 30.3 Å². The number of rotatable bonds is 1. The van der Waals surface area contributed by atoms with Crippen molar-refractivity contribution < 1.29 is 0 Å². The number of hydrogen-bond acceptors (Lipinski definition) is 0. The van der Waals surface area contributed by atoms with Gasteiger partial charge in [0, 0.05) is 0 Å². The van der Waals surface area contributed by atoms with Crippen LogP contribution >= 0.6 is 0 Å². The molecule has 0 saturated heterocycles. The maximum absolute atomic E-state index is 2.54. The van der Waals surface area contributed by atoms with E-state index in [1.807, 2.05) is 0 Å². The molecule has 0 heterocycles. The zero-order valence-electron chi connectivity index (χ0n) is 8.28. The molecule has 0 aliphatic heterocycles. The van der Waals surface area contributed by atoms with Gasteiger partial charge in [-0.3, -0.25) is 0 Å². The van der Waals surface area contributed by atoms with Gasteiger partial charge in [0.15, 0.2) is 0 Å². The van der Waals surface area contributed by atoms with Crippen molar-refractivity contribution in [1.82, 2.24) is 0 Å². The first-order valence-corrected chi connectivity index (χ1v) is 12.2. The Morgan fingerprint density at radius 2 is 2.00 bits per heavy atom. The monoisotopic (exact) mass is 214 g/mol. The van der Waals surface area contributed by atoms with Gasteiger partial charge in [-0.05, 0) is 0 Å². The zero-order chi connectivity index (χ0) is 8.48. The van der Waals surface area contributed by atoms with Crippen molar-refractivity contribution in [1.29, 1.82) is 0 Å². The van der Waals surface area contributed by atoms with Crippen LogP contribution in [0.1, 0.15) is 26.2 Å². The number of allylic oxidation sites excluding steroid dienone is 2. The summed E-state index contributed by atoms with van der Waals surface area (Å²) in [5.41, 5.74) is 1.62. The summed E-state index contributed by atoms with van der Waals surface area (Å²) in [6.45, 7) is 2.27. The summed E-state index contributed by atoms with van der Waals surface area (Å²) < 4.78 is 1.10. The third-order valence-corrected chi connectivity index (χ3v) is 9.10. The molecular weight excluding hydrogens is 193 g/mol. The van der Waals surface area contributed by atoms with Gasteiger partial charge in [-0.2, -0.15) is 0 Å². The molecule has 0 aromatic rings. The van der Waals surface area contributed by atoms with Gasteiger partial charge in [-0.1, -0.05) is 0 Å². The molecule has 1 aliphatic carbocycles. The fraction of sp³-hybridized carbons (Fsp3) is 0.800. The molecule has 0 amide bonds. The van der Waals surface area contributed by atoms with E-state index in [4.69, 9.17) is 0 Å². The van der Waals surface area contributed by atoms with Gasteiger partial charge < -0.3 is 0 Å². The van der Waals surface area contributed by atoms with Gasteiger partial charge in [0.1, 0.15) is 0 Å². The molecule has 0 aromatic heterocycles. The molecule has 0 bridgehead atoms. The molecule has 0 fully saturated rings. The molecule has 0 N–H and O–H groups in total. The van der Waals surface area contributed by atoms with E-state index in [0.29, 0.717) is 0 Å². The van der Waals surface area contributed by atoms with E-state index in [0.717, 1.165) is 4.75 Å². The summed E-state index contributed by atoms with van der Waals surface area (Å²) in [6.07, 6.45) is 6.69. The van der Waals surface area contributed by atoms with Gasteiger partial charge in [-0.15, -0.1) is 0 Å². The van der Waals surface area contributed by atoms with E-state index in [1.165, 1.54) is 19.3 Å². The van der Waals surface area contributed by atoms with Gasteiger partial charge in [0.25, 0.3) is 0 Å². The van der Waals surface area contributed by atoms with Crippen LogP contribution in [0.15, 0.2) is 11.6 Å². The SMILES string of the molecule is CC1=CC[CH]([Ge]([CH3])([CH3])[CH3])CC1. The van der Waals surface area contributed by atoms with Crippen LogP contribution in [0.25, 0.3) is 0 Å². The van der Waals surface area contributed by atoms with Crippen molar-refractivity contribution in [2.45, 2.75) is 48.2 Å². The molecule has 0 saturated carbocycles. The van der Waals surface area contributed by atoms with Crippen LogP contribution in [0.4, 0.5) is 0 Å². The van der Waals surface area contributed by atoms with Gasteiger partial charge in [0.2, 0.25) is 0 Å². The molecule has 0 spiro atoms. The van der Waals surface area contributed by atoms with Crippen LogP contribution in [-0.4, -0.2) is 13.3 Å². The summed E-state index contributed by atoms with van der Waals surface area (Å²) in [5, 5.41) is 0. The molecule has 0 aromatic carbocycles. The average molecular weight is 213 g/mol. The van der Waals surface area contributed by atoms with Crippen molar-refractivity contribution in [3.05, 3.63) is 11.6 Å². The average Bonchev–Trinajstić information content (AvgIpc) is 1.86. The van der Waals surface area contributed by atoms with Crippen LogP contribution < -0.4 is 0 Å². The standard InChI is InChI=1S/C10H20Ge/c1-9-5-7-10(8-6-9)11(2,3)4/h5,10H,6-8H2,1-4H3. The van der Waals surface area contributed by atoms with Crippen LogP contribution in [0.5, 0.6) is 0 Å². The molecule has 1 aliphatic rings. The Kier molecular flexibility index (Phi) is 2.85. The van der Waals surface area contributed by atoms with Gasteiger partial charge >= 0.3 is 73.1 Å². The molecule has 0 radical (unpaired) electrons. The van der Waals surface area contributed by atoms with Crippen molar-refractivity contribution >= 4 is 13.3 Å². The molecule has 1 unspecified atom stereocenters. The summed E-state index contributed by atoms with van der Waals surface area (Å²) in [4.78, 5) is 0. The first kappa shape index (κ1) is 9.37. The van der Waals surface area contributed by atoms with Crippen molar-refractivity contribution in [2.24, 2.45) is 0 Å². The fourth-order valence-corrected chi connectivity index (χ4v) is 5.60. The Morgan fingerprint density at radius 1 is 1.36 bits per heavy atom. The van der Waals surface area contributed by atoms with E-state index in [9.17, 15) is 0 Å². The summed E-state index contributed by atoms with van der Waals surface area (Å²) in [6, 6.07) is 0. The van der Waals surface area contributed by atoms with E-state index >= 15 is 0 Å². The first-order chi connectivity index (χ1) is 5.00. The molecule has 1 heteroatoms. The Balaban J connectivity index is 2.54. The maximum atomic E-state index is 2.54. The predicted molar refractivity (Wildman–Crippen MR) is 54.7 cm³/mol. The quantitative estimate of drug-likeness (QED) is 0.458. The molecular formula is C10H20Ge. The molecule has 11 heavy (non-hydrogen) atoms. The topological polar surface area (TPSA) is 0 Å². The Labute approximate surface area is 73.4 Å². The van der Waals surface area contributed by atoms with E-state index < -0.39 is 13.3 Å². The molecule has 1 atom stereocenters. The Hall–Kier alpha value is 0.283. The zero-order valence-corrected chi connectivity index (χ0v) is 10.4. The van der Waals surface area contributed by atoms with Crippen LogP contribution in [0.3, 0.4) is 0 Å². The molecule has 1 rings (SSSR count). The van der Waals surface area contributed by atoms with Crippen LogP contribution in [0, 0.1) is 0 Å². The van der Waals surface area contributed by atoms with Crippen LogP contribution in [0.2, 0.25) is 22.0 Å². The third kappa shape index (κ3) is 2.66. The minimum absolute atomic E-state index is 1.10. The van der Waals surface area contributed by atoms with Crippen LogP contribution in [-0.2, 0) is 0 Å². The Bertz CT molecular complexity index is 162. The summed E-state index contributed by atoms with van der Waals surface area (Å²) in [7, 11) is 0. The second-order valence-corrected chi connectivity index (χ2v) is 16.5.